The molecule has 7 nitrogen and oxygen atoms in total. The number of amides is 1. The van der Waals surface area contributed by atoms with Gasteiger partial charge >= 0.3 is 0 Å². The molecule has 7 heteroatoms. The van der Waals surface area contributed by atoms with Gasteiger partial charge in [-0.3, -0.25) is 4.79 Å². The summed E-state index contributed by atoms with van der Waals surface area (Å²) in [5.74, 6) is 1.23. The number of aromatic nitrogens is 2. The zero-order chi connectivity index (χ0) is 18.9. The predicted molar refractivity (Wildman–Crippen MR) is 104 cm³/mol. The van der Waals surface area contributed by atoms with Crippen molar-refractivity contribution in [3.63, 3.8) is 0 Å². The number of ether oxygens (including phenoxy) is 2. The highest BCUT2D eigenvalue weighted by molar-refractivity contribution is 6.04. The second kappa shape index (κ2) is 9.87. The highest BCUT2D eigenvalue weighted by Crippen LogP contribution is 2.16. The number of unbranched alkanes of at least 4 members (excludes halogenated alkanes) is 2. The molecule has 1 saturated heterocycles. The molecule has 1 aliphatic heterocycles. The second-order valence-corrected chi connectivity index (χ2v) is 6.41. The molecule has 1 aliphatic rings. The van der Waals surface area contributed by atoms with E-state index in [0.29, 0.717) is 37.0 Å². The van der Waals surface area contributed by atoms with Gasteiger partial charge in [-0.2, -0.15) is 0 Å². The average molecular weight is 370 g/mol. The quantitative estimate of drug-likeness (QED) is 0.720. The minimum absolute atomic E-state index is 0.199. The molecular weight excluding hydrogens is 344 g/mol. The molecule has 3 rings (SSSR count). The third-order valence-electron chi connectivity index (χ3n) is 4.32. The van der Waals surface area contributed by atoms with E-state index >= 15 is 0 Å². The Labute approximate surface area is 159 Å². The Morgan fingerprint density at radius 1 is 1.15 bits per heavy atom. The summed E-state index contributed by atoms with van der Waals surface area (Å²) in [7, 11) is 0. The van der Waals surface area contributed by atoms with E-state index in [-0.39, 0.29) is 5.91 Å². The fourth-order valence-corrected chi connectivity index (χ4v) is 2.76. The summed E-state index contributed by atoms with van der Waals surface area (Å²) in [6, 6.07) is 7.15. The molecule has 0 unspecified atom stereocenters. The lowest BCUT2D eigenvalue weighted by Gasteiger charge is -2.26. The van der Waals surface area contributed by atoms with E-state index in [9.17, 15) is 4.79 Å². The van der Waals surface area contributed by atoms with Crippen molar-refractivity contribution < 1.29 is 14.3 Å². The van der Waals surface area contributed by atoms with Crippen LogP contribution in [0.15, 0.2) is 36.7 Å². The second-order valence-electron chi connectivity index (χ2n) is 6.41. The number of anilines is 2. The standard InChI is InChI=1S/C20H26N4O3/c1-2-3-4-11-27-18-7-5-16(6-8-18)19(25)23-17-14-21-20(22-15-17)24-9-12-26-13-10-24/h5-8,14-15H,2-4,9-13H2,1H3,(H,23,25). The number of carbonyl (C=O) groups is 1. The predicted octanol–water partition coefficient (Wildman–Crippen LogP) is 3.13. The molecule has 1 amide bonds. The van der Waals surface area contributed by atoms with Crippen LogP contribution in [0.2, 0.25) is 0 Å². The van der Waals surface area contributed by atoms with Crippen LogP contribution in [0.1, 0.15) is 36.5 Å². The van der Waals surface area contributed by atoms with E-state index in [1.807, 2.05) is 12.1 Å². The van der Waals surface area contributed by atoms with Gasteiger partial charge in [0, 0.05) is 18.7 Å². The van der Waals surface area contributed by atoms with E-state index in [4.69, 9.17) is 9.47 Å². The topological polar surface area (TPSA) is 76.6 Å². The molecule has 1 aromatic carbocycles. The van der Waals surface area contributed by atoms with Crippen molar-refractivity contribution in [2.45, 2.75) is 26.2 Å². The molecule has 144 valence electrons. The van der Waals surface area contributed by atoms with Gasteiger partial charge in [-0.1, -0.05) is 19.8 Å². The van der Waals surface area contributed by atoms with E-state index < -0.39 is 0 Å². The third-order valence-corrected chi connectivity index (χ3v) is 4.32. The maximum absolute atomic E-state index is 12.4. The number of nitrogens with zero attached hydrogens (tertiary/aromatic N) is 3. The van der Waals surface area contributed by atoms with Crippen LogP contribution in [-0.2, 0) is 4.74 Å². The molecule has 0 radical (unpaired) electrons. The van der Waals surface area contributed by atoms with Gasteiger partial charge in [-0.05, 0) is 30.7 Å². The molecule has 0 aliphatic carbocycles. The minimum atomic E-state index is -0.199. The lowest BCUT2D eigenvalue weighted by atomic mass is 10.2. The lowest BCUT2D eigenvalue weighted by Crippen LogP contribution is -2.37. The lowest BCUT2D eigenvalue weighted by molar-refractivity contribution is 0.102. The number of carbonyl (C=O) groups excluding carboxylic acids is 1. The Hall–Kier alpha value is -2.67. The zero-order valence-electron chi connectivity index (χ0n) is 15.7. The molecule has 1 aromatic heterocycles. The van der Waals surface area contributed by atoms with Gasteiger partial charge < -0.3 is 19.7 Å². The van der Waals surface area contributed by atoms with Crippen LogP contribution in [0.3, 0.4) is 0 Å². The maximum Gasteiger partial charge on any atom is 0.255 e. The fourth-order valence-electron chi connectivity index (χ4n) is 2.76. The molecular formula is C20H26N4O3. The molecule has 1 fully saturated rings. The molecule has 0 saturated carbocycles. The van der Waals surface area contributed by atoms with E-state index in [2.05, 4.69) is 27.1 Å². The van der Waals surface area contributed by atoms with Crippen LogP contribution in [0.4, 0.5) is 11.6 Å². The fraction of sp³-hybridized carbons (Fsp3) is 0.450. The van der Waals surface area contributed by atoms with Crippen LogP contribution in [0.5, 0.6) is 5.75 Å². The van der Waals surface area contributed by atoms with Crippen LogP contribution >= 0.6 is 0 Å². The molecule has 2 heterocycles. The summed E-state index contributed by atoms with van der Waals surface area (Å²) in [5.41, 5.74) is 1.13. The van der Waals surface area contributed by atoms with Crippen LogP contribution in [-0.4, -0.2) is 48.8 Å². The van der Waals surface area contributed by atoms with Gasteiger partial charge in [0.05, 0.1) is 37.9 Å². The summed E-state index contributed by atoms with van der Waals surface area (Å²) in [4.78, 5) is 23.1. The third kappa shape index (κ3) is 5.65. The van der Waals surface area contributed by atoms with Crippen molar-refractivity contribution in [1.29, 1.82) is 0 Å². The normalized spacial score (nSPS) is 14.0. The molecule has 1 N–H and O–H groups in total. The summed E-state index contributed by atoms with van der Waals surface area (Å²) in [5, 5.41) is 2.82. The van der Waals surface area contributed by atoms with Gasteiger partial charge in [0.15, 0.2) is 0 Å². The average Bonchev–Trinajstić information content (AvgIpc) is 2.73. The van der Waals surface area contributed by atoms with Crippen molar-refractivity contribution in [3.05, 3.63) is 42.2 Å². The van der Waals surface area contributed by atoms with Crippen molar-refractivity contribution in [2.24, 2.45) is 0 Å². The highest BCUT2D eigenvalue weighted by atomic mass is 16.5. The van der Waals surface area contributed by atoms with Crippen LogP contribution in [0.25, 0.3) is 0 Å². The number of benzene rings is 1. The number of nitrogens with one attached hydrogen (secondary N) is 1. The van der Waals surface area contributed by atoms with Gasteiger partial charge in [-0.25, -0.2) is 9.97 Å². The Morgan fingerprint density at radius 2 is 1.85 bits per heavy atom. The molecule has 2 aromatic rings. The molecule has 27 heavy (non-hydrogen) atoms. The molecule has 0 bridgehead atoms. The Bertz CT molecular complexity index is 713. The highest BCUT2D eigenvalue weighted by Gasteiger charge is 2.14. The zero-order valence-corrected chi connectivity index (χ0v) is 15.7. The molecule has 0 spiro atoms. The first kappa shape index (κ1) is 19.1. The van der Waals surface area contributed by atoms with Gasteiger partial charge in [0.1, 0.15) is 5.75 Å². The Kier molecular flexibility index (Phi) is 6.98. The summed E-state index contributed by atoms with van der Waals surface area (Å²) < 4.78 is 11.0. The smallest absolute Gasteiger partial charge is 0.255 e. The summed E-state index contributed by atoms with van der Waals surface area (Å²) >= 11 is 0. The number of hydrogen-bond acceptors (Lipinski definition) is 6. The van der Waals surface area contributed by atoms with E-state index in [0.717, 1.165) is 31.7 Å². The molecule has 0 atom stereocenters. The Morgan fingerprint density at radius 3 is 2.52 bits per heavy atom. The van der Waals surface area contributed by atoms with Gasteiger partial charge in [0.2, 0.25) is 5.95 Å². The largest absolute Gasteiger partial charge is 0.494 e. The van der Waals surface area contributed by atoms with Crippen molar-refractivity contribution >= 4 is 17.5 Å². The summed E-state index contributed by atoms with van der Waals surface area (Å²) in [6.45, 7) is 5.78. The Balaban J connectivity index is 1.52. The van der Waals surface area contributed by atoms with Crippen molar-refractivity contribution in [1.82, 2.24) is 9.97 Å². The SMILES string of the molecule is CCCCCOc1ccc(C(=O)Nc2cnc(N3CCOCC3)nc2)cc1. The van der Waals surface area contributed by atoms with Crippen molar-refractivity contribution in [3.8, 4) is 5.75 Å². The maximum atomic E-state index is 12.4. The number of hydrogen-bond donors (Lipinski definition) is 1. The van der Waals surface area contributed by atoms with E-state index in [1.54, 1.807) is 24.5 Å². The number of morpholine rings is 1. The number of rotatable bonds is 8. The first-order chi connectivity index (χ1) is 13.3. The van der Waals surface area contributed by atoms with Crippen LogP contribution in [0, 0.1) is 0 Å². The summed E-state index contributed by atoms with van der Waals surface area (Å²) in [6.07, 6.45) is 6.62. The monoisotopic (exact) mass is 370 g/mol. The first-order valence-electron chi connectivity index (χ1n) is 9.45. The van der Waals surface area contributed by atoms with Gasteiger partial charge in [0.25, 0.3) is 5.91 Å². The minimum Gasteiger partial charge on any atom is -0.494 e. The van der Waals surface area contributed by atoms with Gasteiger partial charge in [-0.15, -0.1) is 0 Å². The van der Waals surface area contributed by atoms with Crippen LogP contribution < -0.4 is 15.0 Å². The van der Waals surface area contributed by atoms with E-state index in [1.165, 1.54) is 6.42 Å². The van der Waals surface area contributed by atoms with Crippen molar-refractivity contribution in [2.75, 3.05) is 43.1 Å². The first-order valence-corrected chi connectivity index (χ1v) is 9.45.